The van der Waals surface area contributed by atoms with Gasteiger partial charge in [0, 0.05) is 27.9 Å². The predicted molar refractivity (Wildman–Crippen MR) is 118 cm³/mol. The number of halogens is 1. The van der Waals surface area contributed by atoms with E-state index in [0.29, 0.717) is 16.0 Å². The lowest BCUT2D eigenvalue weighted by Crippen LogP contribution is -2.43. The summed E-state index contributed by atoms with van der Waals surface area (Å²) < 4.78 is 41.4. The maximum absolute atomic E-state index is 13.1. The van der Waals surface area contributed by atoms with Crippen LogP contribution in [0.1, 0.15) is 18.4 Å². The molecule has 31 heavy (non-hydrogen) atoms. The maximum atomic E-state index is 13.1. The first-order valence-corrected chi connectivity index (χ1v) is 11.7. The molecule has 2 atom stereocenters. The zero-order valence-corrected chi connectivity index (χ0v) is 18.0. The lowest BCUT2D eigenvalue weighted by Gasteiger charge is -2.21. The minimum atomic E-state index is -4.09. The predicted octanol–water partition coefficient (Wildman–Crippen LogP) is 4.57. The number of aliphatic carboxylic acids is 1. The van der Waals surface area contributed by atoms with Gasteiger partial charge in [-0.05, 0) is 41.5 Å². The van der Waals surface area contributed by atoms with Gasteiger partial charge in [-0.3, -0.25) is 4.79 Å². The van der Waals surface area contributed by atoms with Crippen molar-refractivity contribution in [2.24, 2.45) is 0 Å². The van der Waals surface area contributed by atoms with E-state index in [1.54, 1.807) is 31.3 Å². The minimum absolute atomic E-state index is 0.01000. The van der Waals surface area contributed by atoms with Gasteiger partial charge in [0.25, 0.3) is 10.0 Å². The van der Waals surface area contributed by atoms with Crippen LogP contribution in [0.2, 0.25) is 0 Å². The van der Waals surface area contributed by atoms with Crippen LogP contribution < -0.4 is 4.72 Å². The Morgan fingerprint density at radius 3 is 2.52 bits per heavy atom. The van der Waals surface area contributed by atoms with E-state index < -0.39 is 28.0 Å². The van der Waals surface area contributed by atoms with Crippen LogP contribution in [-0.2, 0) is 14.8 Å². The average Bonchev–Trinajstić information content (AvgIpc) is 3.40. The van der Waals surface area contributed by atoms with Gasteiger partial charge in [-0.15, -0.1) is 11.3 Å². The number of carboxylic acids is 1. The molecular weight excluding hydrogens is 439 g/mol. The third kappa shape index (κ3) is 4.25. The highest BCUT2D eigenvalue weighted by Gasteiger charge is 2.33. The molecule has 6 nitrogen and oxygen atoms in total. The number of rotatable bonds is 7. The molecule has 2 heterocycles. The molecule has 0 aliphatic carbocycles. The summed E-state index contributed by atoms with van der Waals surface area (Å²) in [6.07, 6.45) is 1.71. The molecule has 4 aromatic rings. The average molecular weight is 459 g/mol. The zero-order chi connectivity index (χ0) is 22.2. The normalized spacial score (nSPS) is 13.9. The van der Waals surface area contributed by atoms with Gasteiger partial charge in [-0.1, -0.05) is 37.3 Å². The second-order valence-corrected chi connectivity index (χ2v) is 10.2. The number of thiophene rings is 1. The SMILES string of the molecule is CC(c1c[nH]c2ccccc12)[C@@H](NS(=O)(=O)c1ccc(-c2ccc(F)cc2)s1)C(=O)O. The van der Waals surface area contributed by atoms with Crippen molar-refractivity contribution in [3.63, 3.8) is 0 Å². The Bertz CT molecular complexity index is 1340. The Morgan fingerprint density at radius 1 is 1.10 bits per heavy atom. The third-order valence-corrected chi connectivity index (χ3v) is 8.20. The number of para-hydroxylation sites is 1. The van der Waals surface area contributed by atoms with E-state index in [4.69, 9.17) is 0 Å². The van der Waals surface area contributed by atoms with Crippen molar-refractivity contribution >= 4 is 38.2 Å². The van der Waals surface area contributed by atoms with Crippen LogP contribution in [0.4, 0.5) is 4.39 Å². The summed E-state index contributed by atoms with van der Waals surface area (Å²) >= 11 is 0.992. The van der Waals surface area contributed by atoms with Gasteiger partial charge in [0.1, 0.15) is 16.1 Å². The molecule has 0 spiro atoms. The molecule has 0 bridgehead atoms. The number of sulfonamides is 1. The number of carbonyl (C=O) groups is 1. The summed E-state index contributed by atoms with van der Waals surface area (Å²) in [5.74, 6) is -2.28. The number of hydrogen-bond donors (Lipinski definition) is 3. The summed E-state index contributed by atoms with van der Waals surface area (Å²) in [7, 11) is -4.09. The minimum Gasteiger partial charge on any atom is -0.480 e. The van der Waals surface area contributed by atoms with Crippen molar-refractivity contribution in [3.05, 3.63) is 78.2 Å². The fourth-order valence-corrected chi connectivity index (χ4v) is 6.07. The summed E-state index contributed by atoms with van der Waals surface area (Å²) in [6.45, 7) is 1.68. The fraction of sp³-hybridized carbons (Fsp3) is 0.136. The molecule has 0 aliphatic heterocycles. The maximum Gasteiger partial charge on any atom is 0.322 e. The molecule has 3 N–H and O–H groups in total. The van der Waals surface area contributed by atoms with Crippen LogP contribution >= 0.6 is 11.3 Å². The standard InChI is InChI=1S/C22H19FN2O4S2/c1-13(17-12-24-18-5-3-2-4-16(17)18)21(22(26)27)25-31(28,29)20-11-10-19(30-20)14-6-8-15(23)9-7-14/h2-13,21,24-25H,1H3,(H,26,27)/t13?,21-/m1/s1. The quantitative estimate of drug-likeness (QED) is 0.378. The van der Waals surface area contributed by atoms with E-state index in [9.17, 15) is 22.7 Å². The molecule has 160 valence electrons. The van der Waals surface area contributed by atoms with Crippen LogP contribution in [0.15, 0.2) is 71.1 Å². The lowest BCUT2D eigenvalue weighted by atomic mass is 9.93. The van der Waals surface area contributed by atoms with Gasteiger partial charge in [0.2, 0.25) is 0 Å². The fourth-order valence-electron chi connectivity index (χ4n) is 3.48. The summed E-state index contributed by atoms with van der Waals surface area (Å²) in [5.41, 5.74) is 2.23. The first-order chi connectivity index (χ1) is 14.8. The molecule has 2 aromatic heterocycles. The van der Waals surface area contributed by atoms with Gasteiger partial charge in [-0.25, -0.2) is 12.8 Å². The highest BCUT2D eigenvalue weighted by molar-refractivity contribution is 7.91. The molecule has 0 saturated heterocycles. The highest BCUT2D eigenvalue weighted by Crippen LogP contribution is 2.32. The smallest absolute Gasteiger partial charge is 0.322 e. The zero-order valence-electron chi connectivity index (χ0n) is 16.4. The summed E-state index contributed by atoms with van der Waals surface area (Å²) in [6, 6.07) is 14.8. The number of aromatic nitrogens is 1. The van der Waals surface area contributed by atoms with E-state index in [0.717, 1.165) is 22.2 Å². The Labute approximate surface area is 182 Å². The van der Waals surface area contributed by atoms with Gasteiger partial charge in [0.05, 0.1) is 0 Å². The number of H-pyrrole nitrogens is 1. The third-order valence-electron chi connectivity index (χ3n) is 5.13. The van der Waals surface area contributed by atoms with E-state index in [-0.39, 0.29) is 10.0 Å². The molecule has 0 amide bonds. The van der Waals surface area contributed by atoms with Gasteiger partial charge in [-0.2, -0.15) is 4.72 Å². The van der Waals surface area contributed by atoms with E-state index in [2.05, 4.69) is 9.71 Å². The number of carboxylic acid groups (broad SMARTS) is 1. The van der Waals surface area contributed by atoms with Crippen LogP contribution in [0.25, 0.3) is 21.3 Å². The molecule has 0 radical (unpaired) electrons. The second-order valence-electron chi connectivity index (χ2n) is 7.14. The van der Waals surface area contributed by atoms with Crippen molar-refractivity contribution in [2.75, 3.05) is 0 Å². The highest BCUT2D eigenvalue weighted by atomic mass is 32.2. The summed E-state index contributed by atoms with van der Waals surface area (Å²) in [5, 5.41) is 10.6. The summed E-state index contributed by atoms with van der Waals surface area (Å²) in [4.78, 5) is 15.7. The van der Waals surface area contributed by atoms with Crippen molar-refractivity contribution in [2.45, 2.75) is 23.1 Å². The first kappa shape index (κ1) is 21.2. The van der Waals surface area contributed by atoms with Crippen molar-refractivity contribution in [1.82, 2.24) is 9.71 Å². The Kier molecular flexibility index (Phi) is 5.65. The van der Waals surface area contributed by atoms with Crippen molar-refractivity contribution < 1.29 is 22.7 Å². The molecule has 2 aromatic carbocycles. The van der Waals surface area contributed by atoms with Gasteiger partial charge in [0.15, 0.2) is 0 Å². The molecule has 0 fully saturated rings. The van der Waals surface area contributed by atoms with Gasteiger partial charge < -0.3 is 10.1 Å². The van der Waals surface area contributed by atoms with Crippen LogP contribution in [0.5, 0.6) is 0 Å². The lowest BCUT2D eigenvalue weighted by molar-refractivity contribution is -0.139. The molecule has 9 heteroatoms. The largest absolute Gasteiger partial charge is 0.480 e. The number of fused-ring (bicyclic) bond motifs is 1. The van der Waals surface area contributed by atoms with Crippen LogP contribution in [0, 0.1) is 5.82 Å². The Hall–Kier alpha value is -3.01. The van der Waals surface area contributed by atoms with Gasteiger partial charge >= 0.3 is 5.97 Å². The van der Waals surface area contributed by atoms with E-state index >= 15 is 0 Å². The van der Waals surface area contributed by atoms with Crippen LogP contribution in [-0.4, -0.2) is 30.5 Å². The second kappa shape index (κ2) is 8.26. The molecule has 4 rings (SSSR count). The molecule has 1 unspecified atom stereocenters. The van der Waals surface area contributed by atoms with E-state index in [1.807, 2.05) is 24.3 Å². The molecule has 0 aliphatic rings. The first-order valence-electron chi connectivity index (χ1n) is 9.43. The van der Waals surface area contributed by atoms with Crippen LogP contribution in [0.3, 0.4) is 0 Å². The topological polar surface area (TPSA) is 99.3 Å². The number of nitrogens with one attached hydrogen (secondary N) is 2. The Morgan fingerprint density at radius 2 is 1.81 bits per heavy atom. The van der Waals surface area contributed by atoms with Crippen molar-refractivity contribution in [1.29, 1.82) is 0 Å². The molecule has 0 saturated carbocycles. The number of benzene rings is 2. The van der Waals surface area contributed by atoms with E-state index in [1.165, 1.54) is 18.2 Å². The monoisotopic (exact) mass is 458 g/mol. The number of aromatic amines is 1. The van der Waals surface area contributed by atoms with Crippen molar-refractivity contribution in [3.8, 4) is 10.4 Å². The Balaban J connectivity index is 1.62. The number of hydrogen-bond acceptors (Lipinski definition) is 4. The molecular formula is C22H19FN2O4S2.